The van der Waals surface area contributed by atoms with Crippen LogP contribution in [-0.4, -0.2) is 42.2 Å². The minimum absolute atomic E-state index is 0.00259. The lowest BCUT2D eigenvalue weighted by atomic mass is 10.1. The Morgan fingerprint density at radius 2 is 1.92 bits per heavy atom. The summed E-state index contributed by atoms with van der Waals surface area (Å²) >= 11 is 0. The van der Waals surface area contributed by atoms with Gasteiger partial charge in [0.05, 0.1) is 17.8 Å². The largest absolute Gasteiger partial charge is 0.506 e. The molecule has 126 valence electrons. The molecule has 2 aromatic heterocycles. The van der Waals surface area contributed by atoms with Crippen molar-refractivity contribution < 1.29 is 9.90 Å². The van der Waals surface area contributed by atoms with E-state index in [2.05, 4.69) is 19.7 Å². The molecule has 24 heavy (non-hydrogen) atoms. The van der Waals surface area contributed by atoms with Crippen molar-refractivity contribution in [3.05, 3.63) is 35.7 Å². The number of aromatic hydroxyl groups is 1. The van der Waals surface area contributed by atoms with Gasteiger partial charge in [0.15, 0.2) is 5.82 Å². The summed E-state index contributed by atoms with van der Waals surface area (Å²) < 4.78 is 2.20. The summed E-state index contributed by atoms with van der Waals surface area (Å²) in [6.07, 6.45) is 7.70. The van der Waals surface area contributed by atoms with Crippen molar-refractivity contribution in [2.75, 3.05) is 6.54 Å². The minimum atomic E-state index is -0.142. The van der Waals surface area contributed by atoms with Crippen molar-refractivity contribution in [3.63, 3.8) is 0 Å². The zero-order chi connectivity index (χ0) is 16.7. The zero-order valence-corrected chi connectivity index (χ0v) is 13.7. The summed E-state index contributed by atoms with van der Waals surface area (Å²) in [5.74, 6) is 2.31. The Morgan fingerprint density at radius 1 is 1.17 bits per heavy atom. The summed E-state index contributed by atoms with van der Waals surface area (Å²) in [5.41, 5.74) is 0.394. The van der Waals surface area contributed by atoms with E-state index in [1.807, 2.05) is 6.92 Å². The average Bonchev–Trinajstić information content (AvgIpc) is 3.24. The normalized spacial score (nSPS) is 21.0. The number of hydrogen-bond donors (Lipinski definition) is 1. The molecule has 0 bridgehead atoms. The third-order valence-corrected chi connectivity index (χ3v) is 5.17. The Hall–Kier alpha value is -2.44. The topological polar surface area (TPSA) is 84.1 Å². The lowest BCUT2D eigenvalue weighted by molar-refractivity contribution is 0.0635. The molecule has 2 aliphatic rings. The molecular weight excluding hydrogens is 306 g/mol. The van der Waals surface area contributed by atoms with E-state index in [1.54, 1.807) is 4.90 Å². The van der Waals surface area contributed by atoms with Crippen LogP contribution in [0, 0.1) is 0 Å². The van der Waals surface area contributed by atoms with Crippen LogP contribution >= 0.6 is 0 Å². The fourth-order valence-corrected chi connectivity index (χ4v) is 3.88. The maximum atomic E-state index is 12.8. The first kappa shape index (κ1) is 15.1. The number of hydrogen-bond acceptors (Lipinski definition) is 5. The van der Waals surface area contributed by atoms with Gasteiger partial charge in [0, 0.05) is 25.2 Å². The molecule has 0 aromatic carbocycles. The second kappa shape index (κ2) is 5.89. The molecule has 7 heteroatoms. The summed E-state index contributed by atoms with van der Waals surface area (Å²) in [4.78, 5) is 18.4. The number of carbonyl (C=O) groups excluding carboxylic acids is 1. The molecule has 1 amide bonds. The zero-order valence-electron chi connectivity index (χ0n) is 13.7. The lowest BCUT2D eigenvalue weighted by Crippen LogP contribution is -2.41. The number of carbonyl (C=O) groups is 1. The molecule has 0 radical (unpaired) electrons. The second-order valence-corrected chi connectivity index (χ2v) is 6.66. The number of amides is 1. The van der Waals surface area contributed by atoms with Crippen molar-refractivity contribution in [1.29, 1.82) is 0 Å². The van der Waals surface area contributed by atoms with E-state index >= 15 is 0 Å². The highest BCUT2D eigenvalue weighted by Gasteiger charge is 2.34. The third-order valence-electron chi connectivity index (χ3n) is 5.17. The predicted molar refractivity (Wildman–Crippen MR) is 86.6 cm³/mol. The highest BCUT2D eigenvalue weighted by molar-refractivity contribution is 5.94. The monoisotopic (exact) mass is 327 g/mol. The third kappa shape index (κ3) is 2.44. The quantitative estimate of drug-likeness (QED) is 0.914. The maximum Gasteiger partial charge on any atom is 0.256 e. The first-order valence-corrected chi connectivity index (χ1v) is 8.53. The van der Waals surface area contributed by atoms with E-state index < -0.39 is 0 Å². The Morgan fingerprint density at radius 3 is 2.67 bits per heavy atom. The molecular formula is C17H21N5O2. The van der Waals surface area contributed by atoms with Crippen LogP contribution < -0.4 is 0 Å². The van der Waals surface area contributed by atoms with Gasteiger partial charge < -0.3 is 14.6 Å². The fraction of sp³-hybridized carbons (Fsp3) is 0.529. The van der Waals surface area contributed by atoms with Gasteiger partial charge in [0.25, 0.3) is 5.91 Å². The van der Waals surface area contributed by atoms with Gasteiger partial charge in [0.2, 0.25) is 0 Å². The van der Waals surface area contributed by atoms with Crippen LogP contribution in [0.4, 0.5) is 0 Å². The van der Waals surface area contributed by atoms with Crippen LogP contribution in [0.2, 0.25) is 0 Å². The van der Waals surface area contributed by atoms with Gasteiger partial charge in [-0.3, -0.25) is 9.78 Å². The SMILES string of the molecule is CC1c2nnc(C3CCCC3)n2CCN1C(=O)c1cncc(O)c1. The van der Waals surface area contributed by atoms with Gasteiger partial charge in [0.1, 0.15) is 11.6 Å². The van der Waals surface area contributed by atoms with Crippen LogP contribution in [0.1, 0.15) is 66.6 Å². The summed E-state index contributed by atoms with van der Waals surface area (Å²) in [6.45, 7) is 3.31. The van der Waals surface area contributed by atoms with Crippen LogP contribution in [0.15, 0.2) is 18.5 Å². The predicted octanol–water partition coefficient (Wildman–Crippen LogP) is 2.25. The van der Waals surface area contributed by atoms with Crippen molar-refractivity contribution in [1.82, 2.24) is 24.6 Å². The summed E-state index contributed by atoms with van der Waals surface area (Å²) in [7, 11) is 0. The Kier molecular flexibility index (Phi) is 3.70. The maximum absolute atomic E-state index is 12.8. The number of pyridine rings is 1. The van der Waals surface area contributed by atoms with Gasteiger partial charge >= 0.3 is 0 Å². The molecule has 1 saturated carbocycles. The van der Waals surface area contributed by atoms with E-state index in [4.69, 9.17) is 0 Å². The smallest absolute Gasteiger partial charge is 0.256 e. The van der Waals surface area contributed by atoms with Crippen LogP contribution in [0.5, 0.6) is 5.75 Å². The van der Waals surface area contributed by atoms with Crippen LogP contribution in [0.3, 0.4) is 0 Å². The molecule has 1 aliphatic carbocycles. The first-order chi connectivity index (χ1) is 11.6. The Bertz CT molecular complexity index is 766. The van der Waals surface area contributed by atoms with Gasteiger partial charge in [-0.2, -0.15) is 0 Å². The number of fused-ring (bicyclic) bond motifs is 1. The molecule has 4 rings (SSSR count). The first-order valence-electron chi connectivity index (χ1n) is 8.53. The van der Waals surface area contributed by atoms with Gasteiger partial charge in [-0.05, 0) is 25.8 Å². The van der Waals surface area contributed by atoms with Crippen molar-refractivity contribution in [3.8, 4) is 5.75 Å². The van der Waals surface area contributed by atoms with Crippen molar-refractivity contribution in [2.24, 2.45) is 0 Å². The highest BCUT2D eigenvalue weighted by Crippen LogP contribution is 2.35. The Balaban J connectivity index is 1.60. The van der Waals surface area contributed by atoms with Crippen LogP contribution in [-0.2, 0) is 6.54 Å². The molecule has 1 N–H and O–H groups in total. The Labute approximate surface area is 140 Å². The van der Waals surface area contributed by atoms with Crippen LogP contribution in [0.25, 0.3) is 0 Å². The van der Waals surface area contributed by atoms with E-state index in [1.165, 1.54) is 44.1 Å². The molecule has 1 atom stereocenters. The van der Waals surface area contributed by atoms with E-state index in [9.17, 15) is 9.90 Å². The summed E-state index contributed by atoms with van der Waals surface area (Å²) in [5, 5.41) is 18.4. The molecule has 2 aromatic rings. The number of rotatable bonds is 2. The van der Waals surface area contributed by atoms with E-state index in [-0.39, 0.29) is 17.7 Å². The van der Waals surface area contributed by atoms with Gasteiger partial charge in [-0.15, -0.1) is 10.2 Å². The van der Waals surface area contributed by atoms with Crippen molar-refractivity contribution in [2.45, 2.75) is 51.1 Å². The minimum Gasteiger partial charge on any atom is -0.506 e. The van der Waals surface area contributed by atoms with Crippen molar-refractivity contribution >= 4 is 5.91 Å². The average molecular weight is 327 g/mol. The molecule has 3 heterocycles. The number of aromatic nitrogens is 4. The molecule has 1 aliphatic heterocycles. The second-order valence-electron chi connectivity index (χ2n) is 6.66. The molecule has 1 fully saturated rings. The highest BCUT2D eigenvalue weighted by atomic mass is 16.3. The summed E-state index contributed by atoms with van der Waals surface area (Å²) in [6, 6.07) is 1.31. The van der Waals surface area contributed by atoms with Gasteiger partial charge in [-0.1, -0.05) is 12.8 Å². The lowest BCUT2D eigenvalue weighted by Gasteiger charge is -2.34. The molecule has 0 spiro atoms. The fourth-order valence-electron chi connectivity index (χ4n) is 3.88. The van der Waals surface area contributed by atoms with E-state index in [0.717, 1.165) is 18.2 Å². The van der Waals surface area contributed by atoms with Gasteiger partial charge in [-0.25, -0.2) is 0 Å². The molecule has 1 unspecified atom stereocenters. The molecule has 7 nitrogen and oxygen atoms in total. The standard InChI is InChI=1S/C17H21N5O2/c1-11-15-19-20-16(12-4-2-3-5-12)22(15)7-6-21(11)17(24)13-8-14(23)10-18-9-13/h8-12,23H,2-7H2,1H3. The number of nitrogens with zero attached hydrogens (tertiary/aromatic N) is 5. The molecule has 0 saturated heterocycles. The van der Waals surface area contributed by atoms with E-state index in [0.29, 0.717) is 18.0 Å².